The Bertz CT molecular complexity index is 1570. The third-order valence-electron chi connectivity index (χ3n) is 7.04. The molecule has 0 aliphatic heterocycles. The summed E-state index contributed by atoms with van der Waals surface area (Å²) in [7, 11) is 0. The summed E-state index contributed by atoms with van der Waals surface area (Å²) in [5.41, 5.74) is 13.2. The molecule has 37 heavy (non-hydrogen) atoms. The van der Waals surface area contributed by atoms with Gasteiger partial charge in [-0.2, -0.15) is 0 Å². The van der Waals surface area contributed by atoms with E-state index < -0.39 is 0 Å². The summed E-state index contributed by atoms with van der Waals surface area (Å²) in [6.07, 6.45) is 6.18. The molecule has 1 aliphatic carbocycles. The van der Waals surface area contributed by atoms with Crippen LogP contribution in [0.3, 0.4) is 0 Å². The van der Waals surface area contributed by atoms with Gasteiger partial charge in [0.25, 0.3) is 0 Å². The molecule has 1 fully saturated rings. The van der Waals surface area contributed by atoms with Crippen molar-refractivity contribution < 1.29 is 0 Å². The van der Waals surface area contributed by atoms with Crippen LogP contribution in [0.5, 0.6) is 0 Å². The summed E-state index contributed by atoms with van der Waals surface area (Å²) in [4.78, 5) is 19.1. The molecule has 3 aromatic heterocycles. The number of hydrogen-bond donors (Lipinski definition) is 2. The molecule has 0 spiro atoms. The molecule has 2 aromatic carbocycles. The molecule has 184 valence electrons. The van der Waals surface area contributed by atoms with Gasteiger partial charge in [0, 0.05) is 40.9 Å². The zero-order chi connectivity index (χ0) is 25.4. The van der Waals surface area contributed by atoms with Crippen molar-refractivity contribution in [3.8, 4) is 22.5 Å². The molecule has 1 aliphatic rings. The molecule has 0 radical (unpaired) electrons. The first-order chi connectivity index (χ1) is 18.0. The van der Waals surface area contributed by atoms with E-state index in [-0.39, 0.29) is 5.41 Å². The average molecular weight is 487 g/mol. The summed E-state index contributed by atoms with van der Waals surface area (Å²) < 4.78 is 0. The van der Waals surface area contributed by atoms with Crippen LogP contribution >= 0.6 is 0 Å². The van der Waals surface area contributed by atoms with Gasteiger partial charge in [-0.3, -0.25) is 9.97 Å². The minimum absolute atomic E-state index is 0.208. The molecule has 0 unspecified atom stereocenters. The lowest BCUT2D eigenvalue weighted by molar-refractivity contribution is 0.530. The molecule has 6 heteroatoms. The van der Waals surface area contributed by atoms with Crippen LogP contribution < -0.4 is 11.1 Å². The van der Waals surface area contributed by atoms with E-state index in [9.17, 15) is 0 Å². The van der Waals surface area contributed by atoms with E-state index >= 15 is 0 Å². The third kappa shape index (κ3) is 4.62. The summed E-state index contributed by atoms with van der Waals surface area (Å²) in [5.74, 6) is 1.59. The van der Waals surface area contributed by atoms with Gasteiger partial charge in [0.05, 0.1) is 22.6 Å². The highest BCUT2D eigenvalue weighted by molar-refractivity contribution is 5.88. The van der Waals surface area contributed by atoms with Crippen LogP contribution in [-0.2, 0) is 5.41 Å². The van der Waals surface area contributed by atoms with Gasteiger partial charge in [0.1, 0.15) is 0 Å². The number of rotatable bonds is 7. The molecular formula is C31H30N6. The minimum Gasteiger partial charge on any atom is -0.381 e. The van der Waals surface area contributed by atoms with Crippen LogP contribution in [0.25, 0.3) is 33.4 Å². The maximum Gasteiger partial charge on any atom is 0.169 e. The Hall–Kier alpha value is -4.32. The molecule has 3 N–H and O–H groups in total. The molecule has 0 amide bonds. The van der Waals surface area contributed by atoms with E-state index in [1.54, 1.807) is 6.20 Å². The van der Waals surface area contributed by atoms with Crippen molar-refractivity contribution in [3.05, 3.63) is 96.4 Å². The van der Waals surface area contributed by atoms with Crippen molar-refractivity contribution in [2.75, 3.05) is 17.6 Å². The average Bonchev–Trinajstić information content (AvgIpc) is 3.78. The van der Waals surface area contributed by atoms with Crippen molar-refractivity contribution in [1.29, 1.82) is 0 Å². The summed E-state index contributed by atoms with van der Waals surface area (Å²) >= 11 is 0. The number of fused-ring (bicyclic) bond motifs is 1. The van der Waals surface area contributed by atoms with E-state index in [0.717, 1.165) is 39.1 Å². The zero-order valence-electron chi connectivity index (χ0n) is 21.1. The number of anilines is 2. The minimum atomic E-state index is -0.208. The Balaban J connectivity index is 1.39. The number of hydrogen-bond acceptors (Lipinski definition) is 6. The van der Waals surface area contributed by atoms with Crippen molar-refractivity contribution in [2.45, 2.75) is 38.0 Å². The Morgan fingerprint density at radius 1 is 0.838 bits per heavy atom. The molecule has 6 rings (SSSR count). The maximum atomic E-state index is 6.49. The molecule has 0 saturated heterocycles. The summed E-state index contributed by atoms with van der Waals surface area (Å²) in [6, 6.07) is 24.5. The lowest BCUT2D eigenvalue weighted by atomic mass is 9.84. The lowest BCUT2D eigenvalue weighted by Crippen LogP contribution is -2.30. The zero-order valence-corrected chi connectivity index (χ0v) is 21.1. The van der Waals surface area contributed by atoms with Crippen molar-refractivity contribution in [3.63, 3.8) is 0 Å². The van der Waals surface area contributed by atoms with Crippen LogP contribution in [-0.4, -0.2) is 26.5 Å². The van der Waals surface area contributed by atoms with Gasteiger partial charge in [-0.05, 0) is 48.6 Å². The van der Waals surface area contributed by atoms with Gasteiger partial charge >= 0.3 is 0 Å². The quantitative estimate of drug-likeness (QED) is 0.269. The van der Waals surface area contributed by atoms with Crippen LogP contribution in [0.4, 0.5) is 11.6 Å². The van der Waals surface area contributed by atoms with Gasteiger partial charge in [-0.15, -0.1) is 0 Å². The monoisotopic (exact) mass is 486 g/mol. The highest BCUT2D eigenvalue weighted by Crippen LogP contribution is 2.43. The fourth-order valence-corrected chi connectivity index (χ4v) is 4.90. The van der Waals surface area contributed by atoms with Crippen LogP contribution in [0.1, 0.15) is 43.9 Å². The molecular weight excluding hydrogens is 456 g/mol. The van der Waals surface area contributed by atoms with E-state index in [1.807, 2.05) is 60.8 Å². The topological polar surface area (TPSA) is 89.6 Å². The van der Waals surface area contributed by atoms with Gasteiger partial charge in [0.15, 0.2) is 11.6 Å². The standard InChI is InChI=1S/C31H30N6/c1-31(2,28-24(20-12-13-20)11-7-17-34-28)19-35-30-29(32)36-26(21-8-4-3-5-9-21)27(37-30)23-14-15-25-22(18-23)10-6-16-33-25/h3-11,14-18,20H,12-13,19H2,1-2H3,(H2,32,36)(H,35,37). The van der Waals surface area contributed by atoms with E-state index in [4.69, 9.17) is 20.7 Å². The number of nitrogen functional groups attached to an aromatic ring is 1. The highest BCUT2D eigenvalue weighted by Gasteiger charge is 2.33. The van der Waals surface area contributed by atoms with Gasteiger partial charge < -0.3 is 11.1 Å². The number of pyridine rings is 2. The fourth-order valence-electron chi connectivity index (χ4n) is 4.90. The van der Waals surface area contributed by atoms with Crippen molar-refractivity contribution in [2.24, 2.45) is 0 Å². The number of nitrogens with zero attached hydrogens (tertiary/aromatic N) is 4. The molecule has 6 nitrogen and oxygen atoms in total. The maximum absolute atomic E-state index is 6.49. The predicted molar refractivity (Wildman–Crippen MR) is 150 cm³/mol. The lowest BCUT2D eigenvalue weighted by Gasteiger charge is -2.27. The number of nitrogens with two attached hydrogens (primary N) is 1. The Morgan fingerprint density at radius 3 is 2.41 bits per heavy atom. The van der Waals surface area contributed by atoms with Crippen molar-refractivity contribution >= 4 is 22.5 Å². The second-order valence-corrected chi connectivity index (χ2v) is 10.4. The molecule has 3 heterocycles. The Morgan fingerprint density at radius 2 is 1.59 bits per heavy atom. The summed E-state index contributed by atoms with van der Waals surface area (Å²) in [6.45, 7) is 5.06. The van der Waals surface area contributed by atoms with Gasteiger partial charge in [-0.25, -0.2) is 9.97 Å². The van der Waals surface area contributed by atoms with E-state index in [1.165, 1.54) is 18.4 Å². The second kappa shape index (κ2) is 9.28. The number of aromatic nitrogens is 4. The molecule has 1 saturated carbocycles. The van der Waals surface area contributed by atoms with Crippen molar-refractivity contribution in [1.82, 2.24) is 19.9 Å². The van der Waals surface area contributed by atoms with E-state index in [0.29, 0.717) is 24.1 Å². The first-order valence-corrected chi connectivity index (χ1v) is 12.8. The molecule has 0 atom stereocenters. The third-order valence-corrected chi connectivity index (χ3v) is 7.04. The van der Waals surface area contributed by atoms with Crippen LogP contribution in [0, 0.1) is 0 Å². The highest BCUT2D eigenvalue weighted by atomic mass is 15.1. The number of nitrogens with one attached hydrogen (secondary N) is 1. The molecule has 5 aromatic rings. The number of benzene rings is 2. The smallest absolute Gasteiger partial charge is 0.169 e. The normalized spacial score (nSPS) is 13.6. The SMILES string of the molecule is CC(C)(CNc1nc(-c2ccc3ncccc3c2)c(-c2ccccc2)nc1N)c1ncccc1C1CC1. The Kier molecular flexibility index (Phi) is 5.80. The van der Waals surface area contributed by atoms with Gasteiger partial charge in [-0.1, -0.05) is 62.4 Å². The van der Waals surface area contributed by atoms with Crippen LogP contribution in [0.15, 0.2) is 85.2 Å². The first-order valence-electron chi connectivity index (χ1n) is 12.8. The van der Waals surface area contributed by atoms with E-state index in [2.05, 4.69) is 42.3 Å². The predicted octanol–water partition coefficient (Wildman–Crippen LogP) is 6.60. The summed E-state index contributed by atoms with van der Waals surface area (Å²) in [5, 5.41) is 4.57. The van der Waals surface area contributed by atoms with Crippen LogP contribution in [0.2, 0.25) is 0 Å². The first kappa shape index (κ1) is 23.1. The largest absolute Gasteiger partial charge is 0.381 e. The van der Waals surface area contributed by atoms with Gasteiger partial charge in [0.2, 0.25) is 0 Å². The molecule has 0 bridgehead atoms. The Labute approximate surface area is 217 Å². The fraction of sp³-hybridized carbons (Fsp3) is 0.226. The second-order valence-electron chi connectivity index (χ2n) is 10.4.